The maximum atomic E-state index is 13.9. The number of hydrogen-bond donors (Lipinski definition) is 3. The number of Topliss-reactive ketones (excluding diaryl/α,β-unsaturated/α-hetero) is 4. The van der Waals surface area contributed by atoms with Crippen LogP contribution in [0.25, 0.3) is 0 Å². The Bertz CT molecular complexity index is 1230. The molecular weight excluding hydrogens is 488 g/mol. The first kappa shape index (κ1) is 26.5. The fourth-order valence-corrected chi connectivity index (χ4v) is 7.49. The smallest absolute Gasteiger partial charge is 0.235 e. The molecule has 5 atom stereocenters. The van der Waals surface area contributed by atoms with Gasteiger partial charge >= 0.3 is 0 Å². The fraction of sp³-hybridized carbons (Fsp3) is 0.621. The second kappa shape index (κ2) is 9.59. The normalized spacial score (nSPS) is 31.4. The lowest BCUT2D eigenvalue weighted by molar-refractivity contribution is -0.175. The number of phenols is 1. The van der Waals surface area contributed by atoms with Gasteiger partial charge in [0.05, 0.1) is 11.5 Å². The minimum atomic E-state index is -2.62. The average Bonchev–Trinajstić information content (AvgIpc) is 2.86. The van der Waals surface area contributed by atoms with Crippen LogP contribution in [0.2, 0.25) is 0 Å². The highest BCUT2D eigenvalue weighted by molar-refractivity contribution is 6.31. The first-order chi connectivity index (χ1) is 18.0. The summed E-state index contributed by atoms with van der Waals surface area (Å²) < 4.78 is 0. The Morgan fingerprint density at radius 3 is 2.39 bits per heavy atom. The summed E-state index contributed by atoms with van der Waals surface area (Å²) in [5.74, 6) is -9.11. The van der Waals surface area contributed by atoms with Gasteiger partial charge in [-0.1, -0.05) is 32.1 Å². The number of amides is 1. The van der Waals surface area contributed by atoms with Gasteiger partial charge in [-0.15, -0.1) is 0 Å². The van der Waals surface area contributed by atoms with Gasteiger partial charge in [-0.3, -0.25) is 24.0 Å². The van der Waals surface area contributed by atoms with Crippen molar-refractivity contribution in [3.05, 3.63) is 22.8 Å². The Balaban J connectivity index is 1.53. The topological polar surface area (TPSA) is 155 Å². The van der Waals surface area contributed by atoms with Crippen molar-refractivity contribution in [2.45, 2.75) is 69.8 Å². The number of phenolic OH excluding ortho intramolecular Hbond substituents is 1. The van der Waals surface area contributed by atoms with Crippen molar-refractivity contribution in [1.29, 1.82) is 0 Å². The van der Waals surface area contributed by atoms with Crippen LogP contribution in [0.15, 0.2) is 6.07 Å². The van der Waals surface area contributed by atoms with Crippen molar-refractivity contribution in [2.75, 3.05) is 19.0 Å². The van der Waals surface area contributed by atoms with Crippen LogP contribution in [0.4, 0.5) is 5.69 Å². The van der Waals surface area contributed by atoms with Gasteiger partial charge in [-0.25, -0.2) is 0 Å². The zero-order valence-corrected chi connectivity index (χ0v) is 22.0. The van der Waals surface area contributed by atoms with Gasteiger partial charge in [-0.2, -0.15) is 0 Å². The number of benzene rings is 1. The molecule has 0 bridgehead atoms. The van der Waals surface area contributed by atoms with Gasteiger partial charge in [0.2, 0.25) is 5.91 Å². The lowest BCUT2D eigenvalue weighted by atomic mass is 9.53. The highest BCUT2D eigenvalue weighted by Gasteiger charge is 2.66. The van der Waals surface area contributed by atoms with E-state index in [1.165, 1.54) is 19.3 Å². The number of aryl methyl sites for hydroxylation is 1. The molecule has 0 spiro atoms. The summed E-state index contributed by atoms with van der Waals surface area (Å²) in [6.45, 7) is 0. The Labute approximate surface area is 221 Å². The molecule has 5 rings (SSSR count). The summed E-state index contributed by atoms with van der Waals surface area (Å²) in [6, 6.07) is 1.93. The van der Waals surface area contributed by atoms with Crippen molar-refractivity contribution >= 4 is 34.7 Å². The number of aliphatic hydroxyl groups is 1. The van der Waals surface area contributed by atoms with E-state index >= 15 is 0 Å². The van der Waals surface area contributed by atoms with Crippen LogP contribution in [0.1, 0.15) is 72.9 Å². The molecule has 4 aliphatic rings. The van der Waals surface area contributed by atoms with E-state index in [-0.39, 0.29) is 30.6 Å². The molecule has 0 radical (unpaired) electrons. The third-order valence-electron chi connectivity index (χ3n) is 9.49. The largest absolute Gasteiger partial charge is 0.507 e. The van der Waals surface area contributed by atoms with E-state index in [1.54, 1.807) is 0 Å². The third kappa shape index (κ3) is 3.97. The van der Waals surface area contributed by atoms with E-state index in [9.17, 15) is 34.2 Å². The molecule has 204 valence electrons. The highest BCUT2D eigenvalue weighted by Crippen LogP contribution is 2.51. The fourth-order valence-electron chi connectivity index (χ4n) is 7.49. The second-order valence-electron chi connectivity index (χ2n) is 11.9. The Hall–Kier alpha value is -3.07. The quantitative estimate of drug-likeness (QED) is 0.494. The molecule has 1 aromatic carbocycles. The standard InChI is InChI=1S/C29H36N2O7/c1-31(2)19-12-15(9-8-14-6-4-3-5-7-14)24(33)22-18(19)11-16-10-17-13-20(32)23(28(30)37)27(36)29(17,38)26(35)21(16)25(22)34/h12,14,16-17,21,23,33,38H,3-11,13H2,1-2H3,(H2,30,37)/t16-,17+,21?,23?,29+/m1/s1. The maximum absolute atomic E-state index is 13.9. The number of fused-ring (bicyclic) bond motifs is 3. The molecule has 0 heterocycles. The minimum absolute atomic E-state index is 0.0808. The van der Waals surface area contributed by atoms with E-state index in [1.807, 2.05) is 25.1 Å². The molecular formula is C29H36N2O7. The van der Waals surface area contributed by atoms with Crippen LogP contribution < -0.4 is 10.6 Å². The molecule has 0 aromatic heterocycles. The number of carbonyl (C=O) groups excluding carboxylic acids is 5. The second-order valence-corrected chi connectivity index (χ2v) is 11.9. The van der Waals surface area contributed by atoms with Gasteiger partial charge < -0.3 is 20.8 Å². The summed E-state index contributed by atoms with van der Waals surface area (Å²) in [6.07, 6.45) is 7.53. The zero-order valence-electron chi connectivity index (χ0n) is 22.0. The van der Waals surface area contributed by atoms with Crippen LogP contribution in [0.3, 0.4) is 0 Å². The van der Waals surface area contributed by atoms with Crippen LogP contribution in [-0.2, 0) is 32.0 Å². The molecule has 9 heteroatoms. The van der Waals surface area contributed by atoms with Crippen LogP contribution >= 0.6 is 0 Å². The summed E-state index contributed by atoms with van der Waals surface area (Å²) >= 11 is 0. The highest BCUT2D eigenvalue weighted by atomic mass is 16.3. The molecule has 4 N–H and O–H groups in total. The number of nitrogens with two attached hydrogens (primary N) is 1. The Morgan fingerprint density at radius 2 is 1.76 bits per heavy atom. The molecule has 0 aliphatic heterocycles. The van der Waals surface area contributed by atoms with Crippen LogP contribution in [-0.4, -0.2) is 58.9 Å². The van der Waals surface area contributed by atoms with E-state index in [4.69, 9.17) is 5.73 Å². The molecule has 1 amide bonds. The summed E-state index contributed by atoms with van der Waals surface area (Å²) in [5.41, 5.74) is 4.79. The average molecular weight is 525 g/mol. The van der Waals surface area contributed by atoms with Crippen molar-refractivity contribution in [1.82, 2.24) is 0 Å². The number of nitrogens with zero attached hydrogens (tertiary/aromatic N) is 1. The van der Waals surface area contributed by atoms with Gasteiger partial charge in [-0.05, 0) is 54.7 Å². The van der Waals surface area contributed by atoms with Gasteiger partial charge in [0.1, 0.15) is 5.75 Å². The number of primary amides is 1. The molecule has 2 unspecified atom stereocenters. The lowest BCUT2D eigenvalue weighted by Gasteiger charge is -2.48. The molecule has 3 saturated carbocycles. The molecule has 0 saturated heterocycles. The number of hydrogen-bond acceptors (Lipinski definition) is 8. The predicted octanol–water partition coefficient (Wildman–Crippen LogP) is 1.91. The van der Waals surface area contributed by atoms with Crippen molar-refractivity contribution in [3.63, 3.8) is 0 Å². The van der Waals surface area contributed by atoms with E-state index in [2.05, 4.69) is 0 Å². The first-order valence-corrected chi connectivity index (χ1v) is 13.7. The predicted molar refractivity (Wildman–Crippen MR) is 138 cm³/mol. The van der Waals surface area contributed by atoms with Crippen molar-refractivity contribution in [2.24, 2.45) is 35.3 Å². The van der Waals surface area contributed by atoms with Crippen LogP contribution in [0.5, 0.6) is 5.75 Å². The molecule has 1 aromatic rings. The molecule has 4 aliphatic carbocycles. The number of rotatable bonds is 5. The van der Waals surface area contributed by atoms with Gasteiger partial charge in [0.15, 0.2) is 34.7 Å². The van der Waals surface area contributed by atoms with E-state index < -0.39 is 58.3 Å². The third-order valence-corrected chi connectivity index (χ3v) is 9.49. The number of ketones is 4. The Morgan fingerprint density at radius 1 is 1.08 bits per heavy atom. The Kier molecular flexibility index (Phi) is 6.70. The monoisotopic (exact) mass is 524 g/mol. The van der Waals surface area contributed by atoms with Gasteiger partial charge in [0.25, 0.3) is 0 Å². The van der Waals surface area contributed by atoms with Crippen LogP contribution in [0, 0.1) is 29.6 Å². The van der Waals surface area contributed by atoms with E-state index in [0.717, 1.165) is 24.9 Å². The number of anilines is 1. The van der Waals surface area contributed by atoms with E-state index in [0.29, 0.717) is 23.5 Å². The number of carbonyl (C=O) groups is 5. The summed E-state index contributed by atoms with van der Waals surface area (Å²) in [5, 5.41) is 22.7. The molecule has 3 fully saturated rings. The van der Waals surface area contributed by atoms with Crippen molar-refractivity contribution in [3.8, 4) is 5.75 Å². The minimum Gasteiger partial charge on any atom is -0.507 e. The number of aromatic hydroxyl groups is 1. The summed E-state index contributed by atoms with van der Waals surface area (Å²) in [4.78, 5) is 67.0. The molecule has 38 heavy (non-hydrogen) atoms. The van der Waals surface area contributed by atoms with Crippen molar-refractivity contribution < 1.29 is 34.2 Å². The lowest BCUT2D eigenvalue weighted by Crippen LogP contribution is -2.68. The molecule has 9 nitrogen and oxygen atoms in total. The first-order valence-electron chi connectivity index (χ1n) is 13.7. The van der Waals surface area contributed by atoms with Gasteiger partial charge in [0, 0.05) is 32.1 Å². The SMILES string of the molecule is CN(C)c1cc(CCC2CCCCC2)c(O)c2c1C[C@H]1C[C@H]3CC(=O)C(C(N)=O)C(=O)[C@@]3(O)C(=O)C1C2=O. The maximum Gasteiger partial charge on any atom is 0.235 e. The summed E-state index contributed by atoms with van der Waals surface area (Å²) in [7, 11) is 3.72. The zero-order chi connectivity index (χ0) is 27.5.